The van der Waals surface area contributed by atoms with Crippen LogP contribution in [0.4, 0.5) is 17.1 Å². The van der Waals surface area contributed by atoms with Crippen LogP contribution in [0.15, 0.2) is 66.7 Å². The van der Waals surface area contributed by atoms with Crippen LogP contribution in [0, 0.1) is 22.7 Å². The molecule has 0 aliphatic carbocycles. The van der Waals surface area contributed by atoms with Crippen LogP contribution in [-0.4, -0.2) is 0 Å². The summed E-state index contributed by atoms with van der Waals surface area (Å²) < 4.78 is 5.97. The van der Waals surface area contributed by atoms with Crippen molar-refractivity contribution >= 4 is 17.1 Å². The summed E-state index contributed by atoms with van der Waals surface area (Å²) in [5.74, 6) is 1.42. The second-order valence-electron chi connectivity index (χ2n) is 5.33. The van der Waals surface area contributed by atoms with Gasteiger partial charge in [-0.25, -0.2) is 0 Å². The molecule has 0 spiro atoms. The molecule has 0 atom stereocenters. The number of para-hydroxylation sites is 4. The van der Waals surface area contributed by atoms with Gasteiger partial charge in [0.05, 0.1) is 34.3 Å². The van der Waals surface area contributed by atoms with Gasteiger partial charge in [0.2, 0.25) is 0 Å². The van der Waals surface area contributed by atoms with E-state index in [-0.39, 0.29) is 0 Å². The molecular weight excluding hydrogens is 298 g/mol. The summed E-state index contributed by atoms with van der Waals surface area (Å²) in [4.78, 5) is 1.97. The Hall–Kier alpha value is -3.76. The van der Waals surface area contributed by atoms with Gasteiger partial charge in [0.1, 0.15) is 6.07 Å². The second-order valence-corrected chi connectivity index (χ2v) is 5.33. The molecule has 0 radical (unpaired) electrons. The van der Waals surface area contributed by atoms with Crippen molar-refractivity contribution in [2.45, 2.75) is 0 Å². The zero-order valence-electron chi connectivity index (χ0n) is 12.6. The fourth-order valence-corrected chi connectivity index (χ4v) is 2.84. The van der Waals surface area contributed by atoms with Gasteiger partial charge in [-0.3, -0.25) is 0 Å². The molecule has 4 heteroatoms. The van der Waals surface area contributed by atoms with Crippen LogP contribution >= 0.6 is 0 Å². The third kappa shape index (κ3) is 2.06. The third-order valence-corrected chi connectivity index (χ3v) is 3.92. The van der Waals surface area contributed by atoms with Crippen LogP contribution in [0.3, 0.4) is 0 Å². The first-order valence-corrected chi connectivity index (χ1v) is 7.42. The quantitative estimate of drug-likeness (QED) is 0.496. The second kappa shape index (κ2) is 5.46. The summed E-state index contributed by atoms with van der Waals surface area (Å²) in [6.45, 7) is 0. The summed E-state index contributed by atoms with van der Waals surface area (Å²) in [6, 6.07) is 24.7. The SMILES string of the molecule is N#Cc1ccc(C#N)c(N2c3ccccc3Oc3ccccc32)c1. The number of nitriles is 2. The number of benzene rings is 3. The molecule has 0 saturated heterocycles. The van der Waals surface area contributed by atoms with Gasteiger partial charge < -0.3 is 9.64 Å². The minimum absolute atomic E-state index is 0.500. The highest BCUT2D eigenvalue weighted by Gasteiger charge is 2.26. The van der Waals surface area contributed by atoms with Gasteiger partial charge >= 0.3 is 0 Å². The Morgan fingerprint density at radius 2 is 1.33 bits per heavy atom. The number of nitrogens with zero attached hydrogens (tertiary/aromatic N) is 3. The molecule has 1 aliphatic rings. The lowest BCUT2D eigenvalue weighted by atomic mass is 10.1. The molecule has 4 nitrogen and oxygen atoms in total. The maximum absolute atomic E-state index is 9.52. The lowest BCUT2D eigenvalue weighted by molar-refractivity contribution is 0.477. The lowest BCUT2D eigenvalue weighted by Crippen LogP contribution is -2.16. The number of ether oxygens (including phenoxy) is 1. The fraction of sp³-hybridized carbons (Fsp3) is 0. The van der Waals surface area contributed by atoms with Crippen molar-refractivity contribution in [3.05, 3.63) is 77.9 Å². The van der Waals surface area contributed by atoms with Gasteiger partial charge in [-0.2, -0.15) is 10.5 Å². The first-order chi connectivity index (χ1) is 11.8. The van der Waals surface area contributed by atoms with E-state index >= 15 is 0 Å². The molecule has 0 N–H and O–H groups in total. The predicted octanol–water partition coefficient (Wildman–Crippen LogP) is 5.01. The summed E-state index contributed by atoms with van der Waals surface area (Å²) in [5, 5.41) is 18.8. The molecule has 0 fully saturated rings. The number of hydrogen-bond donors (Lipinski definition) is 0. The topological polar surface area (TPSA) is 60.0 Å². The van der Waals surface area contributed by atoms with Crippen molar-refractivity contribution < 1.29 is 4.74 Å². The Labute approximate surface area is 139 Å². The number of rotatable bonds is 1. The summed E-state index contributed by atoms with van der Waals surface area (Å²) >= 11 is 0. The van der Waals surface area contributed by atoms with Crippen molar-refractivity contribution in [1.82, 2.24) is 0 Å². The van der Waals surface area contributed by atoms with Crippen LogP contribution in [0.2, 0.25) is 0 Å². The standard InChI is InChI=1S/C20H11N3O/c21-12-14-9-10-15(13-22)18(11-14)23-16-5-1-3-7-19(16)24-20-8-4-2-6-17(20)23/h1-11H. The minimum atomic E-state index is 0.500. The zero-order chi connectivity index (χ0) is 16.5. The number of anilines is 3. The van der Waals surface area contributed by atoms with Gasteiger partial charge in [0.25, 0.3) is 0 Å². The Balaban J connectivity index is 2.03. The van der Waals surface area contributed by atoms with E-state index in [9.17, 15) is 10.5 Å². The van der Waals surface area contributed by atoms with Crippen LogP contribution in [-0.2, 0) is 0 Å². The molecule has 0 bridgehead atoms. The third-order valence-electron chi connectivity index (χ3n) is 3.92. The van der Waals surface area contributed by atoms with Gasteiger partial charge in [-0.05, 0) is 42.5 Å². The fourth-order valence-electron chi connectivity index (χ4n) is 2.84. The first kappa shape index (κ1) is 13.9. The molecule has 0 unspecified atom stereocenters. The van der Waals surface area contributed by atoms with Crippen LogP contribution in [0.1, 0.15) is 11.1 Å². The molecule has 1 heterocycles. The highest BCUT2D eigenvalue weighted by atomic mass is 16.5. The van der Waals surface area contributed by atoms with Crippen molar-refractivity contribution in [3.8, 4) is 23.6 Å². The average Bonchev–Trinajstić information content (AvgIpc) is 2.65. The average molecular weight is 309 g/mol. The maximum atomic E-state index is 9.52. The van der Waals surface area contributed by atoms with Crippen LogP contribution in [0.25, 0.3) is 0 Å². The van der Waals surface area contributed by atoms with Crippen molar-refractivity contribution in [2.75, 3.05) is 4.90 Å². The van der Waals surface area contributed by atoms with Crippen molar-refractivity contribution in [3.63, 3.8) is 0 Å². The van der Waals surface area contributed by atoms with Gasteiger partial charge in [-0.15, -0.1) is 0 Å². The number of fused-ring (bicyclic) bond motifs is 2. The minimum Gasteiger partial charge on any atom is -0.453 e. The monoisotopic (exact) mass is 309 g/mol. The highest BCUT2D eigenvalue weighted by Crippen LogP contribution is 2.50. The number of hydrogen-bond acceptors (Lipinski definition) is 4. The van der Waals surface area contributed by atoms with Gasteiger partial charge in [-0.1, -0.05) is 24.3 Å². The largest absolute Gasteiger partial charge is 0.453 e. The van der Waals surface area contributed by atoms with E-state index in [2.05, 4.69) is 12.1 Å². The molecule has 112 valence electrons. The van der Waals surface area contributed by atoms with Crippen LogP contribution < -0.4 is 9.64 Å². The molecule has 3 aromatic rings. The van der Waals surface area contributed by atoms with E-state index in [0.29, 0.717) is 28.3 Å². The normalized spacial score (nSPS) is 11.5. The first-order valence-electron chi connectivity index (χ1n) is 7.42. The Bertz CT molecular complexity index is 982. The molecule has 0 aromatic heterocycles. The Kier molecular flexibility index (Phi) is 3.16. The Morgan fingerprint density at radius 3 is 1.92 bits per heavy atom. The Morgan fingerprint density at radius 1 is 0.708 bits per heavy atom. The van der Waals surface area contributed by atoms with E-state index in [1.54, 1.807) is 18.2 Å². The summed E-state index contributed by atoms with van der Waals surface area (Å²) in [7, 11) is 0. The van der Waals surface area contributed by atoms with Crippen molar-refractivity contribution in [1.29, 1.82) is 10.5 Å². The summed E-state index contributed by atoms with van der Waals surface area (Å²) in [5.41, 5.74) is 3.34. The molecule has 1 aliphatic heterocycles. The molecule has 0 amide bonds. The van der Waals surface area contributed by atoms with E-state index < -0.39 is 0 Å². The molecular formula is C20H11N3O. The predicted molar refractivity (Wildman–Crippen MR) is 90.6 cm³/mol. The smallest absolute Gasteiger partial charge is 0.151 e. The molecule has 0 saturated carbocycles. The maximum Gasteiger partial charge on any atom is 0.151 e. The summed E-state index contributed by atoms with van der Waals surface area (Å²) in [6.07, 6.45) is 0. The van der Waals surface area contributed by atoms with E-state index in [1.807, 2.05) is 53.4 Å². The van der Waals surface area contributed by atoms with E-state index in [4.69, 9.17) is 4.74 Å². The zero-order valence-corrected chi connectivity index (χ0v) is 12.6. The van der Waals surface area contributed by atoms with Gasteiger partial charge in [0.15, 0.2) is 11.5 Å². The molecule has 24 heavy (non-hydrogen) atoms. The lowest BCUT2D eigenvalue weighted by Gasteiger charge is -2.33. The van der Waals surface area contributed by atoms with Crippen molar-refractivity contribution in [2.24, 2.45) is 0 Å². The highest BCUT2D eigenvalue weighted by molar-refractivity contribution is 5.88. The molecule has 4 rings (SSSR count). The van der Waals surface area contributed by atoms with Gasteiger partial charge in [0, 0.05) is 0 Å². The van der Waals surface area contributed by atoms with E-state index in [1.165, 1.54) is 0 Å². The van der Waals surface area contributed by atoms with E-state index in [0.717, 1.165) is 11.4 Å². The van der Waals surface area contributed by atoms with Crippen LogP contribution in [0.5, 0.6) is 11.5 Å². The molecule has 3 aromatic carbocycles.